The van der Waals surface area contributed by atoms with Gasteiger partial charge in [0.15, 0.2) is 0 Å². The number of hydrogen-bond donors (Lipinski definition) is 0. The molecule has 2 nitrogen and oxygen atoms in total. The fraction of sp³-hybridized carbons (Fsp3) is 0.692. The number of nitrogens with zero attached hydrogens (tertiary/aromatic N) is 2. The van der Waals surface area contributed by atoms with E-state index in [1.54, 1.807) is 11.1 Å². The van der Waals surface area contributed by atoms with E-state index in [0.717, 1.165) is 6.54 Å². The summed E-state index contributed by atoms with van der Waals surface area (Å²) in [5, 5.41) is 0. The van der Waals surface area contributed by atoms with E-state index in [0.29, 0.717) is 0 Å². The highest BCUT2D eigenvalue weighted by Crippen LogP contribution is 2.19. The number of allylic oxidation sites excluding steroid dienone is 4. The fourth-order valence-corrected chi connectivity index (χ4v) is 4.68. The molecule has 2 heteroatoms. The van der Waals surface area contributed by atoms with Gasteiger partial charge in [0.1, 0.15) is 0 Å². The fourth-order valence-electron chi connectivity index (χ4n) is 4.68. The van der Waals surface area contributed by atoms with Gasteiger partial charge >= 0.3 is 0 Å². The first-order valence-corrected chi connectivity index (χ1v) is 12.1. The molecule has 0 saturated heterocycles. The molecule has 4 bridgehead atoms. The molecule has 3 rings (SSSR count). The molecular weight excluding hydrogens is 340 g/mol. The molecule has 0 aromatic carbocycles. The summed E-state index contributed by atoms with van der Waals surface area (Å²) in [6.07, 6.45) is 33.3. The van der Waals surface area contributed by atoms with Crippen molar-refractivity contribution in [2.45, 2.75) is 89.9 Å². The normalized spacial score (nSPS) is 24.0. The maximum atomic E-state index is 2.54. The van der Waals surface area contributed by atoms with Gasteiger partial charge in [-0.3, -0.25) is 0 Å². The Morgan fingerprint density at radius 2 is 1.29 bits per heavy atom. The monoisotopic (exact) mass is 382 g/mol. The molecule has 3 aliphatic rings. The quantitative estimate of drug-likeness (QED) is 0.446. The third kappa shape index (κ3) is 8.29. The third-order valence-corrected chi connectivity index (χ3v) is 6.41. The van der Waals surface area contributed by atoms with E-state index in [2.05, 4.69) is 46.5 Å². The van der Waals surface area contributed by atoms with E-state index in [1.807, 2.05) is 0 Å². The first-order chi connectivity index (χ1) is 13.9. The summed E-state index contributed by atoms with van der Waals surface area (Å²) in [5.74, 6) is 0. The average molecular weight is 383 g/mol. The van der Waals surface area contributed by atoms with Crippen LogP contribution in [0, 0.1) is 0 Å². The van der Waals surface area contributed by atoms with Gasteiger partial charge in [0.2, 0.25) is 0 Å². The molecule has 0 spiro atoms. The molecule has 0 N–H and O–H groups in total. The second-order valence-corrected chi connectivity index (χ2v) is 8.98. The predicted molar refractivity (Wildman–Crippen MR) is 122 cm³/mol. The molecule has 0 atom stereocenters. The van der Waals surface area contributed by atoms with E-state index in [1.165, 1.54) is 110 Å². The molecule has 0 saturated carbocycles. The van der Waals surface area contributed by atoms with Crippen molar-refractivity contribution in [1.82, 2.24) is 9.80 Å². The zero-order valence-corrected chi connectivity index (χ0v) is 18.1. The van der Waals surface area contributed by atoms with Crippen LogP contribution >= 0.6 is 0 Å². The molecule has 28 heavy (non-hydrogen) atoms. The van der Waals surface area contributed by atoms with Gasteiger partial charge in [-0.25, -0.2) is 0 Å². The maximum absolute atomic E-state index is 2.54. The van der Waals surface area contributed by atoms with Gasteiger partial charge in [-0.1, -0.05) is 75.2 Å². The highest BCUT2D eigenvalue weighted by Gasteiger charge is 2.08. The van der Waals surface area contributed by atoms with Crippen molar-refractivity contribution in [2.24, 2.45) is 0 Å². The minimum atomic E-state index is 1.12. The van der Waals surface area contributed by atoms with E-state index in [4.69, 9.17) is 0 Å². The Labute approximate surface area is 174 Å². The summed E-state index contributed by atoms with van der Waals surface area (Å²) >= 11 is 0. The van der Waals surface area contributed by atoms with Crippen LogP contribution in [-0.4, -0.2) is 36.0 Å². The zero-order chi connectivity index (χ0) is 19.3. The van der Waals surface area contributed by atoms with E-state index in [-0.39, 0.29) is 0 Å². The number of fused-ring (bicyclic) bond motifs is 3. The highest BCUT2D eigenvalue weighted by atomic mass is 15.1. The minimum absolute atomic E-state index is 1.12. The first kappa shape index (κ1) is 21.3. The van der Waals surface area contributed by atoms with Crippen LogP contribution in [0.1, 0.15) is 89.9 Å². The Morgan fingerprint density at radius 1 is 0.643 bits per heavy atom. The Hall–Kier alpha value is -1.44. The van der Waals surface area contributed by atoms with Crippen LogP contribution in [0.3, 0.4) is 0 Å². The summed E-state index contributed by atoms with van der Waals surface area (Å²) in [6.45, 7) is 4.77. The van der Waals surface area contributed by atoms with Gasteiger partial charge in [-0.05, 0) is 56.4 Å². The Bertz CT molecular complexity index is 555. The van der Waals surface area contributed by atoms with Crippen molar-refractivity contribution in [3.8, 4) is 0 Å². The second-order valence-electron chi connectivity index (χ2n) is 8.98. The lowest BCUT2D eigenvalue weighted by Crippen LogP contribution is -2.23. The lowest BCUT2D eigenvalue weighted by atomic mass is 10.0. The van der Waals surface area contributed by atoms with Crippen LogP contribution in [0.15, 0.2) is 47.9 Å². The SMILES string of the molecule is C1=CN2CCCCCCCCC3=CN(CC=C3)CCCCCCCCC(=C1)C2. The lowest BCUT2D eigenvalue weighted by Gasteiger charge is -2.25. The molecule has 0 aliphatic carbocycles. The van der Waals surface area contributed by atoms with Crippen LogP contribution in [0.5, 0.6) is 0 Å². The molecule has 0 aromatic rings. The topological polar surface area (TPSA) is 6.48 Å². The Morgan fingerprint density at radius 3 is 2.07 bits per heavy atom. The van der Waals surface area contributed by atoms with Crippen molar-refractivity contribution in [1.29, 1.82) is 0 Å². The van der Waals surface area contributed by atoms with Gasteiger partial charge in [-0.2, -0.15) is 0 Å². The standard InChI is InChI=1S/C26H42N2/c1-3-7-11-19-27-21-14-18-26(24-27)16-10-6-2-4-8-12-20-28-22-13-17-25(23-28)15-9-5-1/h13-14,17-18,21,23H,1-12,15-16,19-20,22,24H2. The van der Waals surface area contributed by atoms with E-state index >= 15 is 0 Å². The van der Waals surface area contributed by atoms with Gasteiger partial charge in [0.25, 0.3) is 0 Å². The summed E-state index contributed by atoms with van der Waals surface area (Å²) < 4.78 is 0. The molecule has 0 fully saturated rings. The van der Waals surface area contributed by atoms with Crippen molar-refractivity contribution in [3.63, 3.8) is 0 Å². The largest absolute Gasteiger partial charge is 0.373 e. The minimum Gasteiger partial charge on any atom is -0.373 e. The average Bonchev–Trinajstić information content (AvgIpc) is 2.72. The third-order valence-electron chi connectivity index (χ3n) is 6.41. The van der Waals surface area contributed by atoms with E-state index < -0.39 is 0 Å². The molecule has 0 radical (unpaired) electrons. The van der Waals surface area contributed by atoms with Crippen molar-refractivity contribution < 1.29 is 0 Å². The van der Waals surface area contributed by atoms with Crippen LogP contribution in [0.4, 0.5) is 0 Å². The van der Waals surface area contributed by atoms with Gasteiger partial charge < -0.3 is 9.80 Å². The molecule has 3 heterocycles. The molecule has 156 valence electrons. The lowest BCUT2D eigenvalue weighted by molar-refractivity contribution is 0.377. The molecular formula is C26H42N2. The molecule has 0 unspecified atom stereocenters. The van der Waals surface area contributed by atoms with Crippen molar-refractivity contribution >= 4 is 0 Å². The maximum Gasteiger partial charge on any atom is 0.0386 e. The molecule has 0 amide bonds. The molecule has 3 aliphatic heterocycles. The predicted octanol–water partition coefficient (Wildman–Crippen LogP) is 6.97. The summed E-state index contributed by atoms with van der Waals surface area (Å²) in [6, 6.07) is 0. The van der Waals surface area contributed by atoms with Crippen LogP contribution in [0.25, 0.3) is 0 Å². The van der Waals surface area contributed by atoms with Gasteiger partial charge in [-0.15, -0.1) is 0 Å². The first-order valence-electron chi connectivity index (χ1n) is 12.1. The number of rotatable bonds is 0. The summed E-state index contributed by atoms with van der Waals surface area (Å²) in [7, 11) is 0. The molecule has 0 aromatic heterocycles. The Balaban J connectivity index is 1.42. The zero-order valence-electron chi connectivity index (χ0n) is 18.1. The van der Waals surface area contributed by atoms with Crippen molar-refractivity contribution in [2.75, 3.05) is 26.2 Å². The van der Waals surface area contributed by atoms with Crippen LogP contribution in [0.2, 0.25) is 0 Å². The van der Waals surface area contributed by atoms with Crippen LogP contribution < -0.4 is 0 Å². The second kappa shape index (κ2) is 12.9. The Kier molecular flexibility index (Phi) is 9.81. The summed E-state index contributed by atoms with van der Waals surface area (Å²) in [4.78, 5) is 5.07. The van der Waals surface area contributed by atoms with Gasteiger partial charge in [0.05, 0.1) is 0 Å². The summed E-state index contributed by atoms with van der Waals surface area (Å²) in [5.41, 5.74) is 3.19. The van der Waals surface area contributed by atoms with Crippen LogP contribution in [-0.2, 0) is 0 Å². The van der Waals surface area contributed by atoms with Gasteiger partial charge in [0, 0.05) is 32.4 Å². The highest BCUT2D eigenvalue weighted by molar-refractivity contribution is 5.22. The van der Waals surface area contributed by atoms with E-state index in [9.17, 15) is 0 Å². The smallest absolute Gasteiger partial charge is 0.0386 e. The van der Waals surface area contributed by atoms with Crippen molar-refractivity contribution in [3.05, 3.63) is 47.9 Å². The number of hydrogen-bond acceptors (Lipinski definition) is 2.